The fourth-order valence-electron chi connectivity index (χ4n) is 2.86. The molecule has 0 N–H and O–H groups in total. The molecule has 114 valence electrons. The Morgan fingerprint density at radius 1 is 1.19 bits per heavy atom. The summed E-state index contributed by atoms with van der Waals surface area (Å²) < 4.78 is 14.2. The maximum atomic E-state index is 14.2. The fraction of sp³-hybridized carbons (Fsp3) is 0.474. The summed E-state index contributed by atoms with van der Waals surface area (Å²) in [6, 6.07) is 0. The Balaban J connectivity index is 2.20. The van der Waals surface area contributed by atoms with E-state index in [1.165, 1.54) is 11.1 Å². The Morgan fingerprint density at radius 2 is 1.95 bits per heavy atom. The van der Waals surface area contributed by atoms with Gasteiger partial charge in [0, 0.05) is 17.0 Å². The van der Waals surface area contributed by atoms with Crippen LogP contribution in [0.15, 0.2) is 58.0 Å². The summed E-state index contributed by atoms with van der Waals surface area (Å²) in [5, 5.41) is 0.591. The first-order chi connectivity index (χ1) is 10.1. The van der Waals surface area contributed by atoms with Crippen molar-refractivity contribution in [3.63, 3.8) is 0 Å². The van der Waals surface area contributed by atoms with Crippen molar-refractivity contribution in [1.29, 1.82) is 0 Å². The Kier molecular flexibility index (Phi) is 6.05. The molecule has 2 aliphatic carbocycles. The van der Waals surface area contributed by atoms with E-state index in [0.717, 1.165) is 44.1 Å². The predicted molar refractivity (Wildman–Crippen MR) is 90.0 cm³/mol. The maximum absolute atomic E-state index is 14.2. The molecule has 0 nitrogen and oxygen atoms in total. The summed E-state index contributed by atoms with van der Waals surface area (Å²) in [5.74, 6) is -0.194. The van der Waals surface area contributed by atoms with Crippen LogP contribution >= 0.6 is 11.6 Å². The van der Waals surface area contributed by atoms with Gasteiger partial charge in [0.1, 0.15) is 5.83 Å². The standard InChI is InChI=1S/C19H24ClF/c1-14-6-3-4-8-16(9-5-7-14)13-17-18(20)12-15(2)10-11-19(17)21/h6,11,13H,2-5,7-10,12H2,1H3. The van der Waals surface area contributed by atoms with Gasteiger partial charge in [-0.15, -0.1) is 0 Å². The highest BCUT2D eigenvalue weighted by atomic mass is 35.5. The Labute approximate surface area is 132 Å². The third-order valence-corrected chi connectivity index (χ3v) is 4.47. The molecule has 2 rings (SSSR count). The minimum atomic E-state index is -0.194. The number of allylic oxidation sites excluding steroid dienone is 9. The van der Waals surface area contributed by atoms with Crippen LogP contribution < -0.4 is 0 Å². The Bertz CT molecular complexity index is 532. The van der Waals surface area contributed by atoms with E-state index in [1.807, 2.05) is 6.08 Å². The largest absolute Gasteiger partial charge is 0.207 e. The fourth-order valence-corrected chi connectivity index (χ4v) is 3.19. The minimum Gasteiger partial charge on any atom is -0.207 e. The molecular formula is C19H24ClF. The van der Waals surface area contributed by atoms with Gasteiger partial charge in [0.05, 0.1) is 0 Å². The molecule has 0 aromatic heterocycles. The molecule has 21 heavy (non-hydrogen) atoms. The lowest BCUT2D eigenvalue weighted by atomic mass is 9.99. The Morgan fingerprint density at radius 3 is 2.76 bits per heavy atom. The second-order valence-corrected chi connectivity index (χ2v) is 6.56. The first-order valence-electron chi connectivity index (χ1n) is 7.82. The molecule has 0 aromatic rings. The molecule has 0 bridgehead atoms. The van der Waals surface area contributed by atoms with Crippen LogP contribution in [0.4, 0.5) is 4.39 Å². The molecule has 0 atom stereocenters. The van der Waals surface area contributed by atoms with E-state index in [-0.39, 0.29) is 5.83 Å². The van der Waals surface area contributed by atoms with E-state index in [9.17, 15) is 4.39 Å². The van der Waals surface area contributed by atoms with Gasteiger partial charge in [0.25, 0.3) is 0 Å². The summed E-state index contributed by atoms with van der Waals surface area (Å²) in [5.41, 5.74) is 4.35. The summed E-state index contributed by atoms with van der Waals surface area (Å²) in [7, 11) is 0. The van der Waals surface area contributed by atoms with Crippen LogP contribution in [0.3, 0.4) is 0 Å². The molecule has 0 unspecified atom stereocenters. The van der Waals surface area contributed by atoms with Crippen LogP contribution in [-0.4, -0.2) is 0 Å². The second kappa shape index (κ2) is 7.79. The lowest BCUT2D eigenvalue weighted by molar-refractivity contribution is 0.651. The highest BCUT2D eigenvalue weighted by Crippen LogP contribution is 2.33. The molecule has 0 amide bonds. The zero-order valence-electron chi connectivity index (χ0n) is 12.9. The highest BCUT2D eigenvalue weighted by molar-refractivity contribution is 6.30. The van der Waals surface area contributed by atoms with E-state index in [1.54, 1.807) is 6.08 Å². The molecule has 0 spiro atoms. The summed E-state index contributed by atoms with van der Waals surface area (Å²) in [6.07, 6.45) is 13.7. The molecule has 2 aliphatic rings. The zero-order chi connectivity index (χ0) is 15.2. The van der Waals surface area contributed by atoms with E-state index >= 15 is 0 Å². The van der Waals surface area contributed by atoms with E-state index in [0.29, 0.717) is 23.4 Å². The molecule has 0 heterocycles. The zero-order valence-corrected chi connectivity index (χ0v) is 13.6. The first kappa shape index (κ1) is 16.3. The maximum Gasteiger partial charge on any atom is 0.127 e. The van der Waals surface area contributed by atoms with Crippen LogP contribution in [0, 0.1) is 0 Å². The van der Waals surface area contributed by atoms with Crippen LogP contribution in [0.1, 0.15) is 58.3 Å². The third kappa shape index (κ3) is 5.00. The summed E-state index contributed by atoms with van der Waals surface area (Å²) in [6.45, 7) is 6.13. The lowest BCUT2D eigenvalue weighted by Gasteiger charge is -2.09. The van der Waals surface area contributed by atoms with E-state index < -0.39 is 0 Å². The van der Waals surface area contributed by atoms with Gasteiger partial charge in [-0.05, 0) is 57.9 Å². The van der Waals surface area contributed by atoms with Gasteiger partial charge in [-0.25, -0.2) is 4.39 Å². The average molecular weight is 307 g/mol. The van der Waals surface area contributed by atoms with Gasteiger partial charge in [-0.3, -0.25) is 0 Å². The van der Waals surface area contributed by atoms with Crippen molar-refractivity contribution in [2.24, 2.45) is 0 Å². The molecule has 0 aliphatic heterocycles. The number of halogens is 2. The molecule has 0 fully saturated rings. The van der Waals surface area contributed by atoms with Crippen molar-refractivity contribution in [1.82, 2.24) is 0 Å². The second-order valence-electron chi connectivity index (χ2n) is 6.10. The van der Waals surface area contributed by atoms with Gasteiger partial charge < -0.3 is 0 Å². The van der Waals surface area contributed by atoms with Gasteiger partial charge in [-0.1, -0.05) is 47.1 Å². The van der Waals surface area contributed by atoms with Crippen LogP contribution in [-0.2, 0) is 0 Å². The highest BCUT2D eigenvalue weighted by Gasteiger charge is 2.14. The van der Waals surface area contributed by atoms with Crippen molar-refractivity contribution in [3.8, 4) is 0 Å². The van der Waals surface area contributed by atoms with Crippen molar-refractivity contribution in [3.05, 3.63) is 58.0 Å². The number of rotatable bonds is 1. The van der Waals surface area contributed by atoms with Crippen LogP contribution in [0.5, 0.6) is 0 Å². The van der Waals surface area contributed by atoms with Crippen molar-refractivity contribution < 1.29 is 4.39 Å². The van der Waals surface area contributed by atoms with Crippen molar-refractivity contribution >= 4 is 11.6 Å². The summed E-state index contributed by atoms with van der Waals surface area (Å²) >= 11 is 6.31. The predicted octanol–water partition coefficient (Wildman–Crippen LogP) is 6.91. The Hall–Kier alpha value is -1.08. The molecule has 2 heteroatoms. The quantitative estimate of drug-likeness (QED) is 0.462. The van der Waals surface area contributed by atoms with Gasteiger partial charge in [0.15, 0.2) is 0 Å². The van der Waals surface area contributed by atoms with E-state index in [4.69, 9.17) is 11.6 Å². The first-order valence-corrected chi connectivity index (χ1v) is 8.20. The van der Waals surface area contributed by atoms with Crippen LogP contribution in [0.25, 0.3) is 0 Å². The monoisotopic (exact) mass is 306 g/mol. The molecule has 0 radical (unpaired) electrons. The molecular weight excluding hydrogens is 283 g/mol. The minimum absolute atomic E-state index is 0.194. The van der Waals surface area contributed by atoms with Gasteiger partial charge >= 0.3 is 0 Å². The number of hydrogen-bond donors (Lipinski definition) is 0. The van der Waals surface area contributed by atoms with Crippen LogP contribution in [0.2, 0.25) is 0 Å². The summed E-state index contributed by atoms with van der Waals surface area (Å²) in [4.78, 5) is 0. The molecule has 0 aromatic carbocycles. The van der Waals surface area contributed by atoms with Crippen molar-refractivity contribution in [2.75, 3.05) is 0 Å². The van der Waals surface area contributed by atoms with Gasteiger partial charge in [0.2, 0.25) is 0 Å². The molecule has 0 saturated carbocycles. The SMILES string of the molecule is C=C1CC=C(F)C(C=C2CCCC=C(C)CCC2)=C(Cl)C1. The number of hydrogen-bond acceptors (Lipinski definition) is 0. The third-order valence-electron chi connectivity index (χ3n) is 4.14. The normalized spacial score (nSPS) is 24.0. The topological polar surface area (TPSA) is 0 Å². The van der Waals surface area contributed by atoms with Crippen molar-refractivity contribution in [2.45, 2.75) is 58.3 Å². The smallest absolute Gasteiger partial charge is 0.127 e. The van der Waals surface area contributed by atoms with E-state index in [2.05, 4.69) is 19.6 Å². The molecule has 0 saturated heterocycles. The average Bonchev–Trinajstić information content (AvgIpc) is 2.52. The van der Waals surface area contributed by atoms with Gasteiger partial charge in [-0.2, -0.15) is 0 Å². The lowest BCUT2D eigenvalue weighted by Crippen LogP contribution is -1.90.